The minimum atomic E-state index is -0.332. The normalized spacial score (nSPS) is 20.2. The molecule has 0 aromatic heterocycles. The average Bonchev–Trinajstić information content (AvgIpc) is 3.14. The van der Waals surface area contributed by atoms with Crippen molar-refractivity contribution in [1.82, 2.24) is 16.2 Å². The van der Waals surface area contributed by atoms with Crippen LogP contribution in [0.25, 0.3) is 0 Å². The van der Waals surface area contributed by atoms with Gasteiger partial charge >= 0.3 is 0 Å². The van der Waals surface area contributed by atoms with Gasteiger partial charge in [0.1, 0.15) is 17.7 Å². The van der Waals surface area contributed by atoms with Crippen molar-refractivity contribution in [1.29, 1.82) is 0 Å². The molecule has 2 aromatic carbocycles. The summed E-state index contributed by atoms with van der Waals surface area (Å²) in [6.07, 6.45) is -0.332. The molecule has 1 heterocycles. The summed E-state index contributed by atoms with van der Waals surface area (Å²) in [5.41, 5.74) is 7.88. The Morgan fingerprint density at radius 1 is 0.935 bits per heavy atom. The van der Waals surface area contributed by atoms with E-state index >= 15 is 0 Å². The molecule has 1 fully saturated rings. The topological polar surface area (TPSA) is 90.1 Å². The molecule has 1 aliphatic rings. The van der Waals surface area contributed by atoms with E-state index in [9.17, 15) is 4.79 Å². The fraction of sp³-hybridized carbons (Fsp3) is 0.435. The Bertz CT molecular complexity index is 905. The summed E-state index contributed by atoms with van der Waals surface area (Å²) in [5, 5.41) is 3.07. The van der Waals surface area contributed by atoms with E-state index in [1.54, 1.807) is 25.3 Å². The van der Waals surface area contributed by atoms with Crippen LogP contribution in [0.1, 0.15) is 42.6 Å². The Balaban J connectivity index is 1.84. The third kappa shape index (κ3) is 5.03. The fourth-order valence-corrected chi connectivity index (χ4v) is 3.78. The van der Waals surface area contributed by atoms with Gasteiger partial charge in [-0.2, -0.15) is 0 Å². The molecule has 8 nitrogen and oxygen atoms in total. The highest BCUT2D eigenvalue weighted by molar-refractivity contribution is 5.97. The van der Waals surface area contributed by atoms with Crippen molar-refractivity contribution in [3.63, 3.8) is 0 Å². The summed E-state index contributed by atoms with van der Waals surface area (Å²) >= 11 is 0. The zero-order valence-corrected chi connectivity index (χ0v) is 18.7. The molecule has 31 heavy (non-hydrogen) atoms. The number of benzene rings is 2. The number of methoxy groups -OCH3 is 2. The molecule has 1 amide bonds. The molecule has 8 heteroatoms. The second-order valence-corrected chi connectivity index (χ2v) is 7.19. The van der Waals surface area contributed by atoms with E-state index in [1.165, 1.54) is 7.11 Å². The molecule has 3 rings (SSSR count). The number of hydrogen-bond acceptors (Lipinski definition) is 7. The molecule has 0 spiro atoms. The Morgan fingerprint density at radius 2 is 1.68 bits per heavy atom. The molecule has 168 valence electrons. The molecule has 3 unspecified atom stereocenters. The highest BCUT2D eigenvalue weighted by atomic mass is 16.5. The van der Waals surface area contributed by atoms with Gasteiger partial charge in [0.15, 0.2) is 11.5 Å². The van der Waals surface area contributed by atoms with Crippen molar-refractivity contribution in [3.8, 4) is 23.0 Å². The average molecular weight is 430 g/mol. The van der Waals surface area contributed by atoms with E-state index < -0.39 is 0 Å². The predicted molar refractivity (Wildman–Crippen MR) is 118 cm³/mol. The first kappa shape index (κ1) is 22.7. The lowest BCUT2D eigenvalue weighted by molar-refractivity contribution is 0.0925. The van der Waals surface area contributed by atoms with Crippen molar-refractivity contribution >= 4 is 5.91 Å². The van der Waals surface area contributed by atoms with Crippen molar-refractivity contribution < 1.29 is 23.7 Å². The minimum Gasteiger partial charge on any atom is -0.497 e. The van der Waals surface area contributed by atoms with E-state index in [4.69, 9.17) is 18.9 Å². The Kier molecular flexibility index (Phi) is 7.59. The van der Waals surface area contributed by atoms with Crippen LogP contribution in [-0.4, -0.2) is 45.5 Å². The third-order valence-electron chi connectivity index (χ3n) is 5.26. The van der Waals surface area contributed by atoms with Crippen LogP contribution in [0.4, 0.5) is 0 Å². The van der Waals surface area contributed by atoms with E-state index in [2.05, 4.69) is 23.1 Å². The number of amides is 1. The van der Waals surface area contributed by atoms with Gasteiger partial charge in [0, 0.05) is 18.0 Å². The van der Waals surface area contributed by atoms with Crippen molar-refractivity contribution in [2.45, 2.75) is 38.9 Å². The van der Waals surface area contributed by atoms with Crippen LogP contribution in [0, 0.1) is 0 Å². The predicted octanol–water partition coefficient (Wildman–Crippen LogP) is 2.84. The lowest BCUT2D eigenvalue weighted by atomic mass is 9.91. The van der Waals surface area contributed by atoms with Gasteiger partial charge in [-0.1, -0.05) is 6.07 Å². The molecular weight excluding hydrogens is 398 g/mol. The number of carbonyl (C=O) groups is 1. The number of carbonyl (C=O) groups excluding carboxylic acids is 1. The van der Waals surface area contributed by atoms with Gasteiger partial charge in [-0.3, -0.25) is 10.2 Å². The van der Waals surface area contributed by atoms with E-state index in [0.717, 1.165) is 5.56 Å². The maximum Gasteiger partial charge on any atom is 0.256 e. The largest absolute Gasteiger partial charge is 0.497 e. The Hall–Kier alpha value is -2.97. The summed E-state index contributed by atoms with van der Waals surface area (Å²) in [4.78, 5) is 13.0. The lowest BCUT2D eigenvalue weighted by Crippen LogP contribution is -2.46. The number of rotatable bonds is 9. The smallest absolute Gasteiger partial charge is 0.256 e. The Morgan fingerprint density at radius 3 is 2.35 bits per heavy atom. The van der Waals surface area contributed by atoms with Gasteiger partial charge in [-0.15, -0.1) is 0 Å². The third-order valence-corrected chi connectivity index (χ3v) is 5.26. The highest BCUT2D eigenvalue weighted by Gasteiger charge is 2.36. The van der Waals surface area contributed by atoms with Crippen LogP contribution in [-0.2, 0) is 0 Å². The first-order chi connectivity index (χ1) is 15.0. The molecule has 3 N–H and O–H groups in total. The van der Waals surface area contributed by atoms with Gasteiger partial charge in [0.05, 0.1) is 33.0 Å². The number of ether oxygens (including phenoxy) is 4. The molecule has 3 atom stereocenters. The van der Waals surface area contributed by atoms with Crippen molar-refractivity contribution in [3.05, 3.63) is 47.5 Å². The molecule has 1 saturated heterocycles. The molecule has 0 radical (unpaired) electrons. The quantitative estimate of drug-likeness (QED) is 0.565. The summed E-state index contributed by atoms with van der Waals surface area (Å²) in [6.45, 7) is 7.04. The maximum atomic E-state index is 13.0. The zero-order valence-electron chi connectivity index (χ0n) is 18.7. The summed E-state index contributed by atoms with van der Waals surface area (Å²) in [6, 6.07) is 11.1. The zero-order chi connectivity index (χ0) is 22.4. The molecule has 0 bridgehead atoms. The van der Waals surface area contributed by atoms with Gasteiger partial charge < -0.3 is 24.3 Å². The molecule has 0 saturated carbocycles. The highest BCUT2D eigenvalue weighted by Crippen LogP contribution is 2.35. The van der Waals surface area contributed by atoms with E-state index in [0.29, 0.717) is 41.8 Å². The number of hydrogen-bond donors (Lipinski definition) is 3. The van der Waals surface area contributed by atoms with E-state index in [1.807, 2.05) is 32.0 Å². The molecule has 2 aromatic rings. The summed E-state index contributed by atoms with van der Waals surface area (Å²) < 4.78 is 22.1. The number of nitrogens with one attached hydrogen (secondary N) is 3. The van der Waals surface area contributed by atoms with Crippen molar-refractivity contribution in [2.75, 3.05) is 27.4 Å². The van der Waals surface area contributed by atoms with Crippen LogP contribution < -0.4 is 35.1 Å². The van der Waals surface area contributed by atoms with E-state index in [-0.39, 0.29) is 24.0 Å². The first-order valence-corrected chi connectivity index (χ1v) is 10.5. The molecular formula is C23H31N3O5. The van der Waals surface area contributed by atoms with Gasteiger partial charge in [-0.05, 0) is 50.6 Å². The molecule has 0 aliphatic carbocycles. The monoisotopic (exact) mass is 429 g/mol. The first-order valence-electron chi connectivity index (χ1n) is 10.5. The van der Waals surface area contributed by atoms with Crippen LogP contribution >= 0.6 is 0 Å². The van der Waals surface area contributed by atoms with Crippen LogP contribution in [0.15, 0.2) is 36.4 Å². The second-order valence-electron chi connectivity index (χ2n) is 7.19. The number of hydrazine groups is 1. The van der Waals surface area contributed by atoms with Gasteiger partial charge in [-0.25, -0.2) is 5.43 Å². The van der Waals surface area contributed by atoms with Crippen molar-refractivity contribution in [2.24, 2.45) is 0 Å². The van der Waals surface area contributed by atoms with Gasteiger partial charge in [0.25, 0.3) is 5.91 Å². The molecule has 1 aliphatic heterocycles. The second kappa shape index (κ2) is 10.4. The summed E-state index contributed by atoms with van der Waals surface area (Å²) in [5.74, 6) is 2.22. The van der Waals surface area contributed by atoms with Crippen LogP contribution in [0.3, 0.4) is 0 Å². The van der Waals surface area contributed by atoms with Crippen LogP contribution in [0.5, 0.6) is 23.0 Å². The summed E-state index contributed by atoms with van der Waals surface area (Å²) in [7, 11) is 3.10. The van der Waals surface area contributed by atoms with Crippen LogP contribution in [0.2, 0.25) is 0 Å². The SMILES string of the molecule is CCOc1ccc(C2C(C)NNC2NC(=O)c2ccc(OC)cc2OC)cc1OCC. The standard InChI is InChI=1S/C23H31N3O5/c1-6-30-18-11-8-15(12-20(18)31-7-2)21-14(3)25-26-22(21)24-23(27)17-10-9-16(28-4)13-19(17)29-5/h8-14,21-22,25-26H,6-7H2,1-5H3,(H,24,27). The maximum absolute atomic E-state index is 13.0. The lowest BCUT2D eigenvalue weighted by Gasteiger charge is -2.24. The minimum absolute atomic E-state index is 0.0249. The fourth-order valence-electron chi connectivity index (χ4n) is 3.78. The van der Waals surface area contributed by atoms with Gasteiger partial charge in [0.2, 0.25) is 0 Å². The Labute approximate surface area is 183 Å².